The fourth-order valence-electron chi connectivity index (χ4n) is 8.66. The van der Waals surface area contributed by atoms with Crippen LogP contribution in [-0.2, 0) is 14.3 Å². The van der Waals surface area contributed by atoms with Crippen LogP contribution in [0.25, 0.3) is 27.5 Å². The number of amides is 4. The predicted octanol–water partition coefficient (Wildman–Crippen LogP) is 4.96. The van der Waals surface area contributed by atoms with Crippen LogP contribution >= 0.6 is 0 Å². The number of unbranched alkanes of at least 4 members (excludes halogenated alkanes) is 2. The van der Waals surface area contributed by atoms with Gasteiger partial charge >= 0.3 is 0 Å². The van der Waals surface area contributed by atoms with Crippen molar-refractivity contribution in [1.29, 1.82) is 0 Å². The molecule has 7 heterocycles. The molecule has 4 amide bonds. The van der Waals surface area contributed by atoms with Crippen LogP contribution < -0.4 is 19.9 Å². The van der Waals surface area contributed by atoms with E-state index in [1.165, 1.54) is 5.39 Å². The molecular weight excluding hydrogens is 737 g/mol. The van der Waals surface area contributed by atoms with Crippen molar-refractivity contribution in [3.8, 4) is 11.6 Å². The number of nitrogens with one attached hydrogen (secondary N) is 1. The van der Waals surface area contributed by atoms with Gasteiger partial charge < -0.3 is 24.2 Å². The molecule has 9 rings (SSSR count). The van der Waals surface area contributed by atoms with E-state index in [1.807, 2.05) is 12.4 Å². The van der Waals surface area contributed by atoms with Crippen molar-refractivity contribution in [2.75, 3.05) is 63.2 Å². The SMILES string of the molecule is CN(C)c1cccc2cnc(-n3ccc4cc(N5CC(OC6CCN(CCCCCOc7ccc8c(c7)C(=O)N(C7CCC(=O)NC7=O)C8=O)CC6)C5)ncc43)cc12. The zero-order chi connectivity index (χ0) is 39.9. The van der Waals surface area contributed by atoms with Crippen LogP contribution in [0.3, 0.4) is 0 Å². The summed E-state index contributed by atoms with van der Waals surface area (Å²) in [6.07, 6.45) is 11.7. The normalized spacial score (nSPS) is 19.2. The summed E-state index contributed by atoms with van der Waals surface area (Å²) < 4.78 is 14.6. The van der Waals surface area contributed by atoms with Gasteiger partial charge in [0, 0.05) is 80.9 Å². The molecule has 4 aliphatic heterocycles. The van der Waals surface area contributed by atoms with Crippen LogP contribution in [-0.4, -0.2) is 120 Å². The van der Waals surface area contributed by atoms with E-state index in [2.05, 4.69) is 81.3 Å². The molecule has 4 aliphatic rings. The smallest absolute Gasteiger partial charge is 0.262 e. The summed E-state index contributed by atoms with van der Waals surface area (Å²) in [5.74, 6) is 0.301. The van der Waals surface area contributed by atoms with E-state index in [0.717, 1.165) is 103 Å². The Kier molecular flexibility index (Phi) is 10.3. The number of nitrogens with zero attached hydrogens (tertiary/aromatic N) is 7. The first-order chi connectivity index (χ1) is 28.2. The standard InChI is InChI=1S/C44H48N8O6/c1-48(2)36-8-6-7-29-24-45-40(23-34(29)36)51-19-13-28-21-39(46-25-38(28)51)50-26-32(27-50)58-30-14-17-49(18-15-30)16-4-3-5-20-57-31-9-10-33-35(22-31)44(56)52(43(33)55)37-11-12-41(53)47-42(37)54/h6-10,13,19,21-25,30,32,37H,3-5,11-12,14-18,20,26-27H2,1-2H3,(H,47,53,54). The number of imide groups is 2. The van der Waals surface area contributed by atoms with Crippen LogP contribution in [0, 0.1) is 0 Å². The molecule has 58 heavy (non-hydrogen) atoms. The minimum Gasteiger partial charge on any atom is -0.494 e. The lowest BCUT2D eigenvalue weighted by Gasteiger charge is -2.43. The Morgan fingerprint density at radius 1 is 0.810 bits per heavy atom. The van der Waals surface area contributed by atoms with Gasteiger partial charge in [0.15, 0.2) is 0 Å². The second kappa shape index (κ2) is 15.8. The summed E-state index contributed by atoms with van der Waals surface area (Å²) in [4.78, 5) is 67.4. The minimum absolute atomic E-state index is 0.0877. The number of aromatic nitrogens is 3. The van der Waals surface area contributed by atoms with Gasteiger partial charge in [0.1, 0.15) is 23.4 Å². The second-order valence-corrected chi connectivity index (χ2v) is 16.0. The number of anilines is 2. The third-order valence-corrected chi connectivity index (χ3v) is 11.9. The molecule has 1 unspecified atom stereocenters. The topological polar surface area (TPSA) is 142 Å². The number of carbonyl (C=O) groups excluding carboxylic acids is 4. The first-order valence-electron chi connectivity index (χ1n) is 20.3. The number of piperidine rings is 2. The number of pyridine rings is 2. The first-order valence-corrected chi connectivity index (χ1v) is 20.3. The third kappa shape index (κ3) is 7.37. The van der Waals surface area contributed by atoms with Crippen LogP contribution in [0.4, 0.5) is 11.5 Å². The van der Waals surface area contributed by atoms with E-state index < -0.39 is 29.7 Å². The lowest BCUT2D eigenvalue weighted by atomic mass is 10.0. The van der Waals surface area contributed by atoms with Crippen molar-refractivity contribution in [1.82, 2.24) is 29.7 Å². The fourth-order valence-corrected chi connectivity index (χ4v) is 8.66. The Bertz CT molecular complexity index is 2400. The highest BCUT2D eigenvalue weighted by molar-refractivity contribution is 6.23. The van der Waals surface area contributed by atoms with E-state index in [4.69, 9.17) is 19.4 Å². The number of rotatable bonds is 13. The molecule has 3 saturated heterocycles. The molecule has 0 bridgehead atoms. The van der Waals surface area contributed by atoms with Crippen LogP contribution in [0.1, 0.15) is 65.7 Å². The Hall–Kier alpha value is -5.86. The zero-order valence-electron chi connectivity index (χ0n) is 32.9. The average molecular weight is 785 g/mol. The van der Waals surface area contributed by atoms with Gasteiger partial charge in [-0.05, 0) is 87.5 Å². The van der Waals surface area contributed by atoms with Crippen LogP contribution in [0.15, 0.2) is 73.2 Å². The third-order valence-electron chi connectivity index (χ3n) is 11.9. The molecule has 3 fully saturated rings. The number of hydrogen-bond acceptors (Lipinski definition) is 11. The van der Waals surface area contributed by atoms with Gasteiger partial charge in [-0.1, -0.05) is 12.1 Å². The van der Waals surface area contributed by atoms with Gasteiger partial charge in [-0.2, -0.15) is 0 Å². The van der Waals surface area contributed by atoms with Crippen molar-refractivity contribution in [3.63, 3.8) is 0 Å². The van der Waals surface area contributed by atoms with E-state index in [1.54, 1.807) is 18.2 Å². The molecule has 14 nitrogen and oxygen atoms in total. The van der Waals surface area contributed by atoms with Gasteiger partial charge in [-0.3, -0.25) is 34.0 Å². The summed E-state index contributed by atoms with van der Waals surface area (Å²) in [6, 6.07) is 16.6. The maximum atomic E-state index is 13.1. The number of ether oxygens (including phenoxy) is 2. The molecule has 1 atom stereocenters. The summed E-state index contributed by atoms with van der Waals surface area (Å²) in [6.45, 7) is 5.31. The van der Waals surface area contributed by atoms with Crippen molar-refractivity contribution in [2.24, 2.45) is 0 Å². The van der Waals surface area contributed by atoms with Gasteiger partial charge in [-0.15, -0.1) is 0 Å². The number of hydrogen-bond donors (Lipinski definition) is 1. The van der Waals surface area contributed by atoms with Gasteiger partial charge in [-0.25, -0.2) is 9.97 Å². The van der Waals surface area contributed by atoms with Gasteiger partial charge in [0.05, 0.1) is 41.7 Å². The number of likely N-dealkylation sites (tertiary alicyclic amines) is 1. The number of carbonyl (C=O) groups is 4. The molecule has 14 heteroatoms. The highest BCUT2D eigenvalue weighted by atomic mass is 16.5. The Morgan fingerprint density at radius 2 is 1.62 bits per heavy atom. The summed E-state index contributed by atoms with van der Waals surface area (Å²) in [5, 5.41) is 5.63. The second-order valence-electron chi connectivity index (χ2n) is 16.0. The lowest BCUT2D eigenvalue weighted by molar-refractivity contribution is -0.136. The van der Waals surface area contributed by atoms with Gasteiger partial charge in [0.2, 0.25) is 11.8 Å². The minimum atomic E-state index is -0.980. The molecule has 0 saturated carbocycles. The molecule has 0 aliphatic carbocycles. The van der Waals surface area contributed by atoms with Crippen molar-refractivity contribution >= 4 is 56.8 Å². The highest BCUT2D eigenvalue weighted by Gasteiger charge is 2.44. The highest BCUT2D eigenvalue weighted by Crippen LogP contribution is 2.32. The van der Waals surface area contributed by atoms with E-state index in [-0.39, 0.29) is 36.2 Å². The predicted molar refractivity (Wildman–Crippen MR) is 220 cm³/mol. The molecule has 0 spiro atoms. The molecule has 1 N–H and O–H groups in total. The van der Waals surface area contributed by atoms with E-state index in [0.29, 0.717) is 12.4 Å². The maximum Gasteiger partial charge on any atom is 0.262 e. The Morgan fingerprint density at radius 3 is 2.43 bits per heavy atom. The number of fused-ring (bicyclic) bond motifs is 3. The Balaban J connectivity index is 0.677. The molecule has 2 aromatic carbocycles. The summed E-state index contributed by atoms with van der Waals surface area (Å²) >= 11 is 0. The summed E-state index contributed by atoms with van der Waals surface area (Å²) in [7, 11) is 4.12. The lowest BCUT2D eigenvalue weighted by Crippen LogP contribution is -2.54. The Labute approximate surface area is 336 Å². The van der Waals surface area contributed by atoms with Gasteiger partial charge in [0.25, 0.3) is 11.8 Å². The van der Waals surface area contributed by atoms with Crippen molar-refractivity contribution in [2.45, 2.75) is 63.2 Å². The fraction of sp³-hybridized carbons (Fsp3) is 0.409. The monoisotopic (exact) mass is 784 g/mol. The molecule has 3 aromatic heterocycles. The molecular formula is C44H48N8O6. The zero-order valence-corrected chi connectivity index (χ0v) is 32.9. The largest absolute Gasteiger partial charge is 0.494 e. The quantitative estimate of drug-likeness (QED) is 0.128. The molecule has 300 valence electrons. The number of benzene rings is 2. The summed E-state index contributed by atoms with van der Waals surface area (Å²) in [5.41, 5.74) is 2.67. The average Bonchev–Trinajstić information content (AvgIpc) is 3.74. The van der Waals surface area contributed by atoms with Crippen LogP contribution in [0.5, 0.6) is 5.75 Å². The van der Waals surface area contributed by atoms with Crippen molar-refractivity contribution < 1.29 is 28.7 Å². The van der Waals surface area contributed by atoms with E-state index >= 15 is 0 Å². The van der Waals surface area contributed by atoms with Crippen molar-refractivity contribution in [3.05, 3.63) is 84.3 Å². The first kappa shape index (κ1) is 37.7. The molecule has 0 radical (unpaired) electrons. The van der Waals surface area contributed by atoms with Crippen LogP contribution in [0.2, 0.25) is 0 Å². The maximum absolute atomic E-state index is 13.1. The molecule has 5 aromatic rings. The van der Waals surface area contributed by atoms with E-state index in [9.17, 15) is 19.2 Å².